The van der Waals surface area contributed by atoms with Crippen molar-refractivity contribution in [2.45, 2.75) is 44.7 Å². The molecule has 2 aliphatic rings. The molecular formula is C19H29NO3. The van der Waals surface area contributed by atoms with Gasteiger partial charge in [0.05, 0.1) is 26.0 Å². The fourth-order valence-electron chi connectivity index (χ4n) is 4.47. The van der Waals surface area contributed by atoms with Gasteiger partial charge in [0.15, 0.2) is 0 Å². The molecule has 0 spiro atoms. The number of rotatable bonds is 6. The van der Waals surface area contributed by atoms with Crippen molar-refractivity contribution in [1.29, 1.82) is 0 Å². The maximum Gasteiger partial charge on any atom is 0.111 e. The summed E-state index contributed by atoms with van der Waals surface area (Å²) in [6, 6.07) is 4.87. The van der Waals surface area contributed by atoms with E-state index in [4.69, 9.17) is 13.9 Å². The van der Waals surface area contributed by atoms with Gasteiger partial charge in [-0.2, -0.15) is 0 Å². The van der Waals surface area contributed by atoms with Crippen LogP contribution in [0.25, 0.3) is 0 Å². The predicted molar refractivity (Wildman–Crippen MR) is 90.3 cm³/mol. The van der Waals surface area contributed by atoms with E-state index < -0.39 is 0 Å². The van der Waals surface area contributed by atoms with Crippen LogP contribution in [-0.2, 0) is 9.47 Å². The number of hydrogen-bond acceptors (Lipinski definition) is 4. The van der Waals surface area contributed by atoms with Crippen LogP contribution < -0.4 is 0 Å². The fraction of sp³-hybridized carbons (Fsp3) is 0.684. The molecule has 1 aliphatic carbocycles. The monoisotopic (exact) mass is 319 g/mol. The van der Waals surface area contributed by atoms with Crippen LogP contribution >= 0.6 is 0 Å². The first-order valence-corrected chi connectivity index (χ1v) is 8.71. The lowest BCUT2D eigenvalue weighted by Gasteiger charge is -2.38. The maximum atomic E-state index is 5.81. The van der Waals surface area contributed by atoms with Crippen molar-refractivity contribution in [3.8, 4) is 0 Å². The van der Waals surface area contributed by atoms with Gasteiger partial charge in [0, 0.05) is 19.1 Å². The average molecular weight is 319 g/mol. The van der Waals surface area contributed by atoms with E-state index in [1.807, 2.05) is 6.07 Å². The Kier molecular flexibility index (Phi) is 5.12. The van der Waals surface area contributed by atoms with Gasteiger partial charge in [0.2, 0.25) is 0 Å². The van der Waals surface area contributed by atoms with E-state index in [0.29, 0.717) is 23.9 Å². The highest BCUT2D eigenvalue weighted by molar-refractivity contribution is 5.28. The van der Waals surface area contributed by atoms with Gasteiger partial charge in [-0.25, -0.2) is 0 Å². The van der Waals surface area contributed by atoms with Crippen LogP contribution in [0.3, 0.4) is 0 Å². The van der Waals surface area contributed by atoms with E-state index in [0.717, 1.165) is 24.7 Å². The summed E-state index contributed by atoms with van der Waals surface area (Å²) in [6.07, 6.45) is 6.48. The molecular weight excluding hydrogens is 290 g/mol. The molecule has 4 heteroatoms. The van der Waals surface area contributed by atoms with Crippen molar-refractivity contribution in [1.82, 2.24) is 4.90 Å². The summed E-state index contributed by atoms with van der Waals surface area (Å²) in [4.78, 5) is 2.60. The minimum atomic E-state index is 0.286. The van der Waals surface area contributed by atoms with Gasteiger partial charge in [-0.1, -0.05) is 13.8 Å². The number of ether oxygens (including phenoxy) is 2. The Hall–Kier alpha value is -1.26. The van der Waals surface area contributed by atoms with Crippen molar-refractivity contribution in [2.75, 3.05) is 27.4 Å². The van der Waals surface area contributed by atoms with Crippen LogP contribution in [0, 0.1) is 11.8 Å². The molecule has 2 heterocycles. The number of methoxy groups -OCH3 is 2. The molecule has 4 nitrogen and oxygen atoms in total. The topological polar surface area (TPSA) is 34.8 Å². The molecule has 3 rings (SSSR count). The van der Waals surface area contributed by atoms with E-state index in [1.165, 1.54) is 12.8 Å². The third-order valence-corrected chi connectivity index (χ3v) is 5.43. The molecule has 1 aromatic heterocycles. The summed E-state index contributed by atoms with van der Waals surface area (Å²) >= 11 is 0. The van der Waals surface area contributed by atoms with E-state index in [2.05, 4.69) is 30.9 Å². The highest BCUT2D eigenvalue weighted by Crippen LogP contribution is 2.46. The van der Waals surface area contributed by atoms with Crippen molar-refractivity contribution >= 4 is 0 Å². The van der Waals surface area contributed by atoms with Crippen molar-refractivity contribution in [3.05, 3.63) is 36.0 Å². The normalized spacial score (nSPS) is 31.8. The average Bonchev–Trinajstić information content (AvgIpc) is 3.25. The zero-order valence-corrected chi connectivity index (χ0v) is 14.7. The summed E-state index contributed by atoms with van der Waals surface area (Å²) in [7, 11) is 3.59. The summed E-state index contributed by atoms with van der Waals surface area (Å²) in [6.45, 7) is 6.53. The molecule has 0 amide bonds. The second-order valence-corrected chi connectivity index (χ2v) is 7.07. The first kappa shape index (κ1) is 16.6. The Balaban J connectivity index is 1.92. The minimum absolute atomic E-state index is 0.286. The second kappa shape index (κ2) is 7.10. The van der Waals surface area contributed by atoms with Crippen molar-refractivity contribution < 1.29 is 13.9 Å². The van der Waals surface area contributed by atoms with Crippen LogP contribution in [0.15, 0.2) is 34.6 Å². The smallest absolute Gasteiger partial charge is 0.111 e. The summed E-state index contributed by atoms with van der Waals surface area (Å²) in [5.74, 6) is 3.43. The molecule has 0 unspecified atom stereocenters. The van der Waals surface area contributed by atoms with E-state index in [1.54, 1.807) is 20.5 Å². The summed E-state index contributed by atoms with van der Waals surface area (Å²) in [5, 5.41) is 0. The molecule has 0 saturated carbocycles. The van der Waals surface area contributed by atoms with Gasteiger partial charge < -0.3 is 13.9 Å². The van der Waals surface area contributed by atoms with E-state index in [9.17, 15) is 0 Å². The highest BCUT2D eigenvalue weighted by atomic mass is 16.5. The summed E-state index contributed by atoms with van der Waals surface area (Å²) < 4.78 is 17.0. The zero-order valence-electron chi connectivity index (χ0n) is 14.7. The van der Waals surface area contributed by atoms with Crippen molar-refractivity contribution in [2.24, 2.45) is 11.8 Å². The molecule has 0 N–H and O–H groups in total. The standard InChI is InChI=1S/C19H29NO3/c1-13(2)18-15(16-8-6-10-23-16)11-17(22-4)19(18)20-9-5-7-14(20)12-21-3/h6,8,10-11,13-15,18-19H,5,7,9,12H2,1-4H3/t14-,15+,18+,19+/m0/s1. The van der Waals surface area contributed by atoms with Gasteiger partial charge in [0.25, 0.3) is 0 Å². The van der Waals surface area contributed by atoms with Gasteiger partial charge in [-0.05, 0) is 49.4 Å². The molecule has 1 aliphatic heterocycles. The molecule has 0 bridgehead atoms. The lowest BCUT2D eigenvalue weighted by molar-refractivity contribution is 0.0506. The minimum Gasteiger partial charge on any atom is -0.500 e. The lowest BCUT2D eigenvalue weighted by Crippen LogP contribution is -2.47. The Morgan fingerprint density at radius 3 is 2.78 bits per heavy atom. The predicted octanol–water partition coefficient (Wildman–Crippen LogP) is 3.66. The molecule has 1 aromatic rings. The van der Waals surface area contributed by atoms with Gasteiger partial charge in [-0.3, -0.25) is 4.90 Å². The Bertz CT molecular complexity index is 523. The SMILES string of the molecule is COC[C@@H]1CCCN1[C@@H]1C(OC)=C[C@H](c2ccco2)[C@H]1C(C)C. The zero-order chi connectivity index (χ0) is 16.4. The van der Waals surface area contributed by atoms with Crippen LogP contribution in [-0.4, -0.2) is 44.4 Å². The number of furan rings is 1. The molecule has 0 aromatic carbocycles. The number of likely N-dealkylation sites (tertiary alicyclic amines) is 1. The third kappa shape index (κ3) is 3.07. The van der Waals surface area contributed by atoms with Crippen molar-refractivity contribution in [3.63, 3.8) is 0 Å². The molecule has 1 fully saturated rings. The largest absolute Gasteiger partial charge is 0.500 e. The van der Waals surface area contributed by atoms with Crippen LogP contribution in [0.5, 0.6) is 0 Å². The maximum absolute atomic E-state index is 5.81. The number of allylic oxidation sites excluding steroid dienone is 1. The number of nitrogens with zero attached hydrogens (tertiary/aromatic N) is 1. The second-order valence-electron chi connectivity index (χ2n) is 7.07. The fourth-order valence-corrected chi connectivity index (χ4v) is 4.47. The van der Waals surface area contributed by atoms with Crippen LogP contribution in [0.1, 0.15) is 38.4 Å². The molecule has 0 radical (unpaired) electrons. The highest BCUT2D eigenvalue weighted by Gasteiger charge is 2.47. The molecule has 4 atom stereocenters. The first-order chi connectivity index (χ1) is 11.2. The van der Waals surface area contributed by atoms with E-state index >= 15 is 0 Å². The third-order valence-electron chi connectivity index (χ3n) is 5.43. The van der Waals surface area contributed by atoms with Gasteiger partial charge >= 0.3 is 0 Å². The summed E-state index contributed by atoms with van der Waals surface area (Å²) in [5.41, 5.74) is 0. The first-order valence-electron chi connectivity index (χ1n) is 8.71. The Morgan fingerprint density at radius 2 is 2.17 bits per heavy atom. The lowest BCUT2D eigenvalue weighted by atomic mass is 9.80. The molecule has 1 saturated heterocycles. The van der Waals surface area contributed by atoms with Crippen LogP contribution in [0.4, 0.5) is 0 Å². The van der Waals surface area contributed by atoms with E-state index in [-0.39, 0.29) is 5.92 Å². The molecule has 128 valence electrons. The van der Waals surface area contributed by atoms with Gasteiger partial charge in [0.1, 0.15) is 11.5 Å². The molecule has 23 heavy (non-hydrogen) atoms. The quantitative estimate of drug-likeness (QED) is 0.801. The Labute approximate surface area is 139 Å². The Morgan fingerprint density at radius 1 is 1.35 bits per heavy atom. The van der Waals surface area contributed by atoms with Gasteiger partial charge in [-0.15, -0.1) is 0 Å². The number of hydrogen-bond donors (Lipinski definition) is 0. The van der Waals surface area contributed by atoms with Crippen LogP contribution in [0.2, 0.25) is 0 Å².